The van der Waals surface area contributed by atoms with Crippen LogP contribution in [0, 0.1) is 0 Å². The lowest BCUT2D eigenvalue weighted by atomic mass is 10.0. The Labute approximate surface area is 191 Å². The van der Waals surface area contributed by atoms with Gasteiger partial charge in [0.1, 0.15) is 0 Å². The predicted molar refractivity (Wildman–Crippen MR) is 128 cm³/mol. The van der Waals surface area contributed by atoms with Crippen LogP contribution in [0.15, 0.2) is 12.1 Å². The summed E-state index contributed by atoms with van der Waals surface area (Å²) in [5.74, 6) is 1.59. The summed E-state index contributed by atoms with van der Waals surface area (Å²) in [5, 5.41) is 11.8. The zero-order valence-electron chi connectivity index (χ0n) is 19.9. The first kappa shape index (κ1) is 24.1. The maximum absolute atomic E-state index is 8.36. The molecule has 1 fully saturated rings. The topological polar surface area (TPSA) is 83.9 Å². The van der Waals surface area contributed by atoms with E-state index in [1.807, 2.05) is 0 Å². The fraction of sp³-hybridized carbons (Fsp3) is 0.600. The normalized spacial score (nSPS) is 15.8. The Bertz CT molecular complexity index is 918. The van der Waals surface area contributed by atoms with Crippen molar-refractivity contribution in [2.45, 2.75) is 64.8 Å². The standard InChI is InChI=1S/C24H35N3O2.CH2O2/c1-24(2,3)26-23-17-9-7-10-19(17)25-20-16-22(21(28-4)15-18(20)23)29-14-8-13-27-11-5-6-12-27;2-1-3/h15-16H,5-14H2,1-4H3,(H,25,26);1H,(H,2,3). The molecule has 2 heterocycles. The number of methoxy groups -OCH3 is 1. The number of likely N-dealkylation sites (tertiary alicyclic amines) is 1. The minimum absolute atomic E-state index is 0.0113. The van der Waals surface area contributed by atoms with Crippen molar-refractivity contribution in [1.29, 1.82) is 0 Å². The molecule has 1 aromatic carbocycles. The average molecular weight is 444 g/mol. The van der Waals surface area contributed by atoms with Gasteiger partial charge < -0.3 is 24.8 Å². The molecule has 0 bridgehead atoms. The smallest absolute Gasteiger partial charge is 0.290 e. The minimum Gasteiger partial charge on any atom is -0.493 e. The highest BCUT2D eigenvalue weighted by atomic mass is 16.5. The Morgan fingerprint density at radius 2 is 1.88 bits per heavy atom. The molecule has 4 rings (SSSR count). The van der Waals surface area contributed by atoms with Crippen LogP contribution in [0.2, 0.25) is 0 Å². The molecule has 1 aliphatic heterocycles. The van der Waals surface area contributed by atoms with Crippen molar-refractivity contribution in [2.75, 3.05) is 38.7 Å². The average Bonchev–Trinajstić information content (AvgIpc) is 3.42. The lowest BCUT2D eigenvalue weighted by Crippen LogP contribution is -2.27. The molecule has 0 spiro atoms. The summed E-state index contributed by atoms with van der Waals surface area (Å²) >= 11 is 0. The van der Waals surface area contributed by atoms with E-state index in [-0.39, 0.29) is 12.0 Å². The van der Waals surface area contributed by atoms with Crippen molar-refractivity contribution in [3.05, 3.63) is 23.4 Å². The number of benzene rings is 1. The number of fused-ring (bicyclic) bond motifs is 2. The zero-order valence-corrected chi connectivity index (χ0v) is 19.9. The Hall–Kier alpha value is -2.54. The molecular formula is C25H37N3O4. The maximum Gasteiger partial charge on any atom is 0.290 e. The van der Waals surface area contributed by atoms with E-state index in [4.69, 9.17) is 24.4 Å². The number of nitrogens with zero attached hydrogens (tertiary/aromatic N) is 2. The van der Waals surface area contributed by atoms with Crippen molar-refractivity contribution in [3.63, 3.8) is 0 Å². The second kappa shape index (κ2) is 10.9. The van der Waals surface area contributed by atoms with Crippen molar-refractivity contribution in [1.82, 2.24) is 9.88 Å². The first-order valence-electron chi connectivity index (χ1n) is 11.6. The van der Waals surface area contributed by atoms with E-state index in [0.717, 1.165) is 48.2 Å². The van der Waals surface area contributed by atoms with E-state index in [9.17, 15) is 0 Å². The lowest BCUT2D eigenvalue weighted by molar-refractivity contribution is -0.122. The van der Waals surface area contributed by atoms with Crippen LogP contribution in [0.4, 0.5) is 5.69 Å². The molecule has 2 aliphatic rings. The third-order valence-corrected chi connectivity index (χ3v) is 5.87. The van der Waals surface area contributed by atoms with Crippen LogP contribution >= 0.6 is 0 Å². The number of ether oxygens (including phenoxy) is 2. The molecule has 1 aromatic heterocycles. The van der Waals surface area contributed by atoms with Crippen LogP contribution in [0.1, 0.15) is 57.7 Å². The molecule has 2 N–H and O–H groups in total. The first-order chi connectivity index (χ1) is 15.4. The van der Waals surface area contributed by atoms with Crippen LogP contribution < -0.4 is 14.8 Å². The number of aromatic nitrogens is 1. The number of anilines is 1. The number of rotatable bonds is 7. The summed E-state index contributed by atoms with van der Waals surface area (Å²) in [5.41, 5.74) is 4.80. The molecular weight excluding hydrogens is 406 g/mol. The van der Waals surface area contributed by atoms with Gasteiger partial charge in [-0.1, -0.05) is 0 Å². The van der Waals surface area contributed by atoms with Gasteiger partial charge in [-0.2, -0.15) is 0 Å². The van der Waals surface area contributed by atoms with E-state index in [2.05, 4.69) is 43.1 Å². The summed E-state index contributed by atoms with van der Waals surface area (Å²) in [6.45, 7) is 10.6. The van der Waals surface area contributed by atoms with E-state index in [0.29, 0.717) is 6.61 Å². The van der Waals surface area contributed by atoms with Gasteiger partial charge in [0.25, 0.3) is 6.47 Å². The summed E-state index contributed by atoms with van der Waals surface area (Å²) in [4.78, 5) is 15.9. The molecule has 2 aromatic rings. The Kier molecular flexibility index (Phi) is 8.18. The predicted octanol–water partition coefficient (Wildman–Crippen LogP) is 4.51. The molecule has 0 saturated carbocycles. The van der Waals surface area contributed by atoms with E-state index < -0.39 is 0 Å². The highest BCUT2D eigenvalue weighted by Gasteiger charge is 2.24. The van der Waals surface area contributed by atoms with Gasteiger partial charge in [0.15, 0.2) is 11.5 Å². The van der Waals surface area contributed by atoms with Crippen LogP contribution in [0.25, 0.3) is 10.9 Å². The largest absolute Gasteiger partial charge is 0.493 e. The van der Waals surface area contributed by atoms with E-state index in [1.54, 1.807) is 7.11 Å². The van der Waals surface area contributed by atoms with Crippen LogP contribution in [0.3, 0.4) is 0 Å². The third kappa shape index (κ3) is 6.03. The molecule has 1 aliphatic carbocycles. The monoisotopic (exact) mass is 443 g/mol. The molecule has 176 valence electrons. The van der Waals surface area contributed by atoms with Crippen LogP contribution in [-0.4, -0.2) is 60.4 Å². The summed E-state index contributed by atoms with van der Waals surface area (Å²) in [6.07, 6.45) is 7.03. The summed E-state index contributed by atoms with van der Waals surface area (Å²) < 4.78 is 11.8. The number of nitrogens with one attached hydrogen (secondary N) is 1. The number of hydrogen-bond donors (Lipinski definition) is 2. The number of aryl methyl sites for hydroxylation is 1. The maximum atomic E-state index is 8.36. The minimum atomic E-state index is -0.250. The molecule has 7 heteroatoms. The molecule has 0 unspecified atom stereocenters. The van der Waals surface area contributed by atoms with Gasteiger partial charge in [-0.3, -0.25) is 9.78 Å². The van der Waals surface area contributed by atoms with Gasteiger partial charge in [-0.05, 0) is 84.0 Å². The molecule has 0 amide bonds. The van der Waals surface area contributed by atoms with Gasteiger partial charge in [0, 0.05) is 34.9 Å². The van der Waals surface area contributed by atoms with Crippen molar-refractivity contribution < 1.29 is 19.4 Å². The lowest BCUT2D eigenvalue weighted by Gasteiger charge is -2.26. The fourth-order valence-corrected chi connectivity index (χ4v) is 4.54. The molecule has 32 heavy (non-hydrogen) atoms. The number of pyridine rings is 1. The third-order valence-electron chi connectivity index (χ3n) is 5.87. The molecule has 0 atom stereocenters. The summed E-state index contributed by atoms with van der Waals surface area (Å²) in [7, 11) is 1.72. The van der Waals surface area contributed by atoms with Gasteiger partial charge in [0.05, 0.1) is 19.2 Å². The number of carboxylic acid groups (broad SMARTS) is 1. The summed E-state index contributed by atoms with van der Waals surface area (Å²) in [6, 6.07) is 4.17. The van der Waals surface area contributed by atoms with Crippen LogP contribution in [-0.2, 0) is 17.6 Å². The zero-order chi connectivity index (χ0) is 23.1. The quantitative estimate of drug-likeness (QED) is 0.481. The molecule has 1 saturated heterocycles. The van der Waals surface area contributed by atoms with Crippen molar-refractivity contribution in [3.8, 4) is 11.5 Å². The second-order valence-corrected chi connectivity index (χ2v) is 9.52. The highest BCUT2D eigenvalue weighted by Crippen LogP contribution is 2.40. The van der Waals surface area contributed by atoms with E-state index in [1.165, 1.54) is 49.3 Å². The first-order valence-corrected chi connectivity index (χ1v) is 11.6. The molecule has 0 radical (unpaired) electrons. The number of hydrogen-bond acceptors (Lipinski definition) is 6. The molecule has 7 nitrogen and oxygen atoms in total. The van der Waals surface area contributed by atoms with E-state index >= 15 is 0 Å². The SMILES string of the molecule is COc1cc2c(NC(C)(C)C)c3c(nc2cc1OCCCN1CCCC1)CCC3.O=CO. The van der Waals surface area contributed by atoms with Crippen molar-refractivity contribution in [2.24, 2.45) is 0 Å². The van der Waals surface area contributed by atoms with Gasteiger partial charge >= 0.3 is 0 Å². The van der Waals surface area contributed by atoms with Gasteiger partial charge in [0.2, 0.25) is 0 Å². The van der Waals surface area contributed by atoms with Gasteiger partial charge in [-0.25, -0.2) is 0 Å². The highest BCUT2D eigenvalue weighted by molar-refractivity contribution is 5.96. The van der Waals surface area contributed by atoms with Gasteiger partial charge in [-0.15, -0.1) is 0 Å². The Balaban J connectivity index is 0.000000913. The second-order valence-electron chi connectivity index (χ2n) is 9.52. The van der Waals surface area contributed by atoms with Crippen LogP contribution in [0.5, 0.6) is 11.5 Å². The Morgan fingerprint density at radius 3 is 2.53 bits per heavy atom. The Morgan fingerprint density at radius 1 is 1.16 bits per heavy atom. The fourth-order valence-electron chi connectivity index (χ4n) is 4.54. The number of carbonyl (C=O) groups is 1. The van der Waals surface area contributed by atoms with Crippen molar-refractivity contribution >= 4 is 23.1 Å².